The molecule has 1 N–H and O–H groups in total. The Balaban J connectivity index is 2.09. The first-order chi connectivity index (χ1) is 9.16. The molecule has 0 spiro atoms. The fourth-order valence-corrected chi connectivity index (χ4v) is 3.15. The van der Waals surface area contributed by atoms with Gasteiger partial charge in [-0.1, -0.05) is 13.3 Å². The zero-order valence-corrected chi connectivity index (χ0v) is 13.0. The SMILES string of the molecule is CCCC1(C(=O)Cc2ccc(Br)cn2)CCNCC1. The van der Waals surface area contributed by atoms with Crippen molar-refractivity contribution in [3.05, 3.63) is 28.5 Å². The largest absolute Gasteiger partial charge is 0.317 e. The minimum Gasteiger partial charge on any atom is -0.317 e. The molecule has 1 saturated heterocycles. The van der Waals surface area contributed by atoms with Crippen molar-refractivity contribution in [1.29, 1.82) is 0 Å². The highest BCUT2D eigenvalue weighted by Crippen LogP contribution is 2.36. The first-order valence-electron chi connectivity index (χ1n) is 7.01. The van der Waals surface area contributed by atoms with E-state index in [4.69, 9.17) is 0 Å². The molecule has 0 amide bonds. The number of halogens is 1. The molecule has 0 unspecified atom stereocenters. The van der Waals surface area contributed by atoms with Gasteiger partial charge in [-0.3, -0.25) is 9.78 Å². The number of carbonyl (C=O) groups is 1. The Bertz CT molecular complexity index is 419. The van der Waals surface area contributed by atoms with E-state index < -0.39 is 0 Å². The summed E-state index contributed by atoms with van der Waals surface area (Å²) in [5, 5.41) is 3.35. The van der Waals surface area contributed by atoms with E-state index in [1.165, 1.54) is 0 Å². The molecule has 104 valence electrons. The van der Waals surface area contributed by atoms with Crippen molar-refractivity contribution in [3.63, 3.8) is 0 Å². The molecule has 0 bridgehead atoms. The summed E-state index contributed by atoms with van der Waals surface area (Å²) in [6, 6.07) is 3.88. The van der Waals surface area contributed by atoms with Gasteiger partial charge in [-0.15, -0.1) is 0 Å². The molecule has 1 aromatic heterocycles. The van der Waals surface area contributed by atoms with Crippen molar-refractivity contribution in [1.82, 2.24) is 10.3 Å². The molecule has 0 saturated carbocycles. The summed E-state index contributed by atoms with van der Waals surface area (Å²) in [4.78, 5) is 17.0. The van der Waals surface area contributed by atoms with Crippen LogP contribution in [0.25, 0.3) is 0 Å². The second-order valence-electron chi connectivity index (χ2n) is 5.35. The maximum atomic E-state index is 12.7. The van der Waals surface area contributed by atoms with Crippen LogP contribution in [-0.4, -0.2) is 23.9 Å². The molecule has 2 heterocycles. The van der Waals surface area contributed by atoms with E-state index in [-0.39, 0.29) is 5.41 Å². The third-order valence-electron chi connectivity index (χ3n) is 4.01. The van der Waals surface area contributed by atoms with Gasteiger partial charge < -0.3 is 5.32 Å². The fourth-order valence-electron chi connectivity index (χ4n) is 2.92. The molecular weight excluding hydrogens is 304 g/mol. The van der Waals surface area contributed by atoms with Crippen LogP contribution in [0.15, 0.2) is 22.8 Å². The average Bonchev–Trinajstić information content (AvgIpc) is 2.43. The lowest BCUT2D eigenvalue weighted by Gasteiger charge is -2.36. The number of Topliss-reactive ketones (excluding diaryl/α,β-unsaturated/α-hetero) is 1. The summed E-state index contributed by atoms with van der Waals surface area (Å²) < 4.78 is 0.953. The van der Waals surface area contributed by atoms with Crippen LogP contribution in [0.5, 0.6) is 0 Å². The van der Waals surface area contributed by atoms with E-state index in [1.54, 1.807) is 6.20 Å². The molecule has 1 aliphatic heterocycles. The molecular formula is C15H21BrN2O. The number of pyridine rings is 1. The zero-order valence-electron chi connectivity index (χ0n) is 11.4. The number of rotatable bonds is 5. The highest BCUT2D eigenvalue weighted by Gasteiger charge is 2.37. The number of ketones is 1. The van der Waals surface area contributed by atoms with Crippen molar-refractivity contribution in [2.75, 3.05) is 13.1 Å². The van der Waals surface area contributed by atoms with Crippen molar-refractivity contribution < 1.29 is 4.79 Å². The first-order valence-corrected chi connectivity index (χ1v) is 7.80. The predicted molar refractivity (Wildman–Crippen MR) is 80.1 cm³/mol. The fraction of sp³-hybridized carbons (Fsp3) is 0.600. The summed E-state index contributed by atoms with van der Waals surface area (Å²) in [5.74, 6) is 0.366. The minimum atomic E-state index is -0.116. The van der Waals surface area contributed by atoms with E-state index in [2.05, 4.69) is 33.2 Å². The van der Waals surface area contributed by atoms with Gasteiger partial charge >= 0.3 is 0 Å². The van der Waals surface area contributed by atoms with Crippen molar-refractivity contribution >= 4 is 21.7 Å². The molecule has 19 heavy (non-hydrogen) atoms. The van der Waals surface area contributed by atoms with Crippen molar-refractivity contribution in [2.24, 2.45) is 5.41 Å². The maximum absolute atomic E-state index is 12.7. The number of hydrogen-bond acceptors (Lipinski definition) is 3. The molecule has 2 rings (SSSR count). The van der Waals surface area contributed by atoms with Crippen LogP contribution in [0, 0.1) is 5.41 Å². The van der Waals surface area contributed by atoms with Gasteiger partial charge in [0.25, 0.3) is 0 Å². The Hall–Kier alpha value is -0.740. The Morgan fingerprint density at radius 1 is 1.42 bits per heavy atom. The Morgan fingerprint density at radius 3 is 2.74 bits per heavy atom. The summed E-state index contributed by atoms with van der Waals surface area (Å²) in [7, 11) is 0. The normalized spacial score (nSPS) is 18.2. The Kier molecular flexibility index (Phi) is 5.11. The summed E-state index contributed by atoms with van der Waals surface area (Å²) in [6.45, 7) is 4.08. The Labute approximate surface area is 123 Å². The van der Waals surface area contributed by atoms with Crippen LogP contribution < -0.4 is 5.32 Å². The summed E-state index contributed by atoms with van der Waals surface area (Å²) >= 11 is 3.37. The molecule has 4 heteroatoms. The van der Waals surface area contributed by atoms with Crippen molar-refractivity contribution in [2.45, 2.75) is 39.0 Å². The van der Waals surface area contributed by atoms with E-state index in [1.807, 2.05) is 12.1 Å². The quantitative estimate of drug-likeness (QED) is 0.904. The van der Waals surface area contributed by atoms with Gasteiger partial charge in [0.05, 0.1) is 0 Å². The number of nitrogens with zero attached hydrogens (tertiary/aromatic N) is 1. The minimum absolute atomic E-state index is 0.116. The second kappa shape index (κ2) is 6.62. The van der Waals surface area contributed by atoms with Crippen LogP contribution in [0.1, 0.15) is 38.3 Å². The van der Waals surface area contributed by atoms with Gasteiger partial charge in [-0.05, 0) is 60.4 Å². The topological polar surface area (TPSA) is 42.0 Å². The monoisotopic (exact) mass is 324 g/mol. The van der Waals surface area contributed by atoms with E-state index in [9.17, 15) is 4.79 Å². The standard InChI is InChI=1S/C15H21BrN2O/c1-2-5-15(6-8-17-9-7-15)14(19)10-13-4-3-12(16)11-18-13/h3-4,11,17H,2,5-10H2,1H3. The van der Waals surface area contributed by atoms with Gasteiger partial charge in [0.1, 0.15) is 5.78 Å². The van der Waals surface area contributed by atoms with Gasteiger partial charge in [0, 0.05) is 28.2 Å². The summed E-state index contributed by atoms with van der Waals surface area (Å²) in [6.07, 6.45) is 6.24. The number of hydrogen-bond donors (Lipinski definition) is 1. The molecule has 1 fully saturated rings. The third kappa shape index (κ3) is 3.63. The lowest BCUT2D eigenvalue weighted by Crippen LogP contribution is -2.42. The van der Waals surface area contributed by atoms with Crippen LogP contribution >= 0.6 is 15.9 Å². The first kappa shape index (κ1) is 14.7. The maximum Gasteiger partial charge on any atom is 0.145 e. The average molecular weight is 325 g/mol. The van der Waals surface area contributed by atoms with Crippen LogP contribution in [0.2, 0.25) is 0 Å². The molecule has 1 aromatic rings. The molecule has 0 aromatic carbocycles. The molecule has 3 nitrogen and oxygen atoms in total. The van der Waals surface area contributed by atoms with E-state index in [0.29, 0.717) is 12.2 Å². The highest BCUT2D eigenvalue weighted by molar-refractivity contribution is 9.10. The van der Waals surface area contributed by atoms with E-state index in [0.717, 1.165) is 48.9 Å². The second-order valence-corrected chi connectivity index (χ2v) is 6.26. The van der Waals surface area contributed by atoms with Gasteiger partial charge in [-0.2, -0.15) is 0 Å². The summed E-state index contributed by atoms with van der Waals surface area (Å²) in [5.41, 5.74) is 0.761. The molecule has 0 atom stereocenters. The molecule has 0 radical (unpaired) electrons. The third-order valence-corrected chi connectivity index (χ3v) is 4.48. The van der Waals surface area contributed by atoms with Crippen LogP contribution in [0.3, 0.4) is 0 Å². The molecule has 0 aliphatic carbocycles. The van der Waals surface area contributed by atoms with E-state index >= 15 is 0 Å². The smallest absolute Gasteiger partial charge is 0.145 e. The Morgan fingerprint density at radius 2 is 2.16 bits per heavy atom. The predicted octanol–water partition coefficient (Wildman–Crippen LogP) is 3.13. The number of carbonyl (C=O) groups excluding carboxylic acids is 1. The van der Waals surface area contributed by atoms with Crippen LogP contribution in [0.4, 0.5) is 0 Å². The number of nitrogens with one attached hydrogen (secondary N) is 1. The van der Waals surface area contributed by atoms with Crippen LogP contribution in [-0.2, 0) is 11.2 Å². The highest BCUT2D eigenvalue weighted by atomic mass is 79.9. The van der Waals surface area contributed by atoms with Crippen molar-refractivity contribution in [3.8, 4) is 0 Å². The number of aromatic nitrogens is 1. The van der Waals surface area contributed by atoms with Gasteiger partial charge in [0.2, 0.25) is 0 Å². The zero-order chi connectivity index (χ0) is 13.7. The van der Waals surface area contributed by atoms with Gasteiger partial charge in [-0.25, -0.2) is 0 Å². The molecule has 1 aliphatic rings. The lowest BCUT2D eigenvalue weighted by molar-refractivity contribution is -0.130. The van der Waals surface area contributed by atoms with Gasteiger partial charge in [0.15, 0.2) is 0 Å². The number of piperidine rings is 1. The lowest BCUT2D eigenvalue weighted by atomic mass is 9.71.